The molecule has 0 spiro atoms. The highest BCUT2D eigenvalue weighted by molar-refractivity contribution is 5.80. The molecule has 2 heterocycles. The van der Waals surface area contributed by atoms with Gasteiger partial charge < -0.3 is 14.4 Å². The highest BCUT2D eigenvalue weighted by Gasteiger charge is 2.34. The van der Waals surface area contributed by atoms with Crippen LogP contribution >= 0.6 is 0 Å². The Hall–Kier alpha value is -1.29. The molecule has 0 aliphatic carbocycles. The van der Waals surface area contributed by atoms with E-state index in [0.717, 1.165) is 30.8 Å². The van der Waals surface area contributed by atoms with Gasteiger partial charge in [-0.1, -0.05) is 13.8 Å². The van der Waals surface area contributed by atoms with E-state index >= 15 is 0 Å². The lowest BCUT2D eigenvalue weighted by molar-refractivity contribution is -0.144. The third-order valence-electron chi connectivity index (χ3n) is 3.86. The zero-order chi connectivity index (χ0) is 14.0. The summed E-state index contributed by atoms with van der Waals surface area (Å²) in [5.74, 6) is 2.15. The van der Waals surface area contributed by atoms with Crippen LogP contribution in [-0.2, 0) is 11.2 Å². The third-order valence-corrected chi connectivity index (χ3v) is 3.86. The summed E-state index contributed by atoms with van der Waals surface area (Å²) in [7, 11) is 0. The number of rotatable bonds is 3. The number of amides is 1. The zero-order valence-corrected chi connectivity index (χ0v) is 11.9. The van der Waals surface area contributed by atoms with Crippen LogP contribution in [0.1, 0.15) is 51.2 Å². The van der Waals surface area contributed by atoms with Gasteiger partial charge in [-0.3, -0.25) is 4.79 Å². The maximum atomic E-state index is 12.1. The van der Waals surface area contributed by atoms with Crippen LogP contribution in [0.15, 0.2) is 16.5 Å². The molecule has 3 unspecified atom stereocenters. The quantitative estimate of drug-likeness (QED) is 0.913. The Bertz CT molecular complexity index is 438. The van der Waals surface area contributed by atoms with Gasteiger partial charge in [0.25, 0.3) is 5.91 Å². The van der Waals surface area contributed by atoms with Gasteiger partial charge in [-0.05, 0) is 37.8 Å². The molecule has 0 bridgehead atoms. The number of carbonyl (C=O) groups excluding carboxylic acids is 1. The number of hydrogen-bond acceptors (Lipinski definition) is 3. The highest BCUT2D eigenvalue weighted by atomic mass is 16.3. The zero-order valence-electron chi connectivity index (χ0n) is 11.9. The molecule has 0 aromatic carbocycles. The molecule has 1 saturated heterocycles. The van der Waals surface area contributed by atoms with Crippen molar-refractivity contribution in [2.45, 2.75) is 52.2 Å². The number of furan rings is 1. The third kappa shape index (κ3) is 3.00. The molecule has 2 rings (SSSR count). The molecule has 1 amide bonds. The first-order chi connectivity index (χ1) is 9.02. The van der Waals surface area contributed by atoms with E-state index < -0.39 is 6.10 Å². The van der Waals surface area contributed by atoms with Crippen molar-refractivity contribution < 1.29 is 14.3 Å². The molecule has 1 aliphatic rings. The van der Waals surface area contributed by atoms with Gasteiger partial charge in [0, 0.05) is 13.0 Å². The van der Waals surface area contributed by atoms with Crippen LogP contribution < -0.4 is 0 Å². The normalized spacial score (nSPS) is 25.4. The van der Waals surface area contributed by atoms with Gasteiger partial charge >= 0.3 is 0 Å². The number of piperidine rings is 1. The number of likely N-dealkylation sites (tertiary alicyclic amines) is 1. The van der Waals surface area contributed by atoms with E-state index in [1.165, 1.54) is 6.92 Å². The highest BCUT2D eigenvalue weighted by Crippen LogP contribution is 2.35. The first-order valence-corrected chi connectivity index (χ1v) is 7.10. The number of aliphatic hydroxyl groups excluding tert-OH is 1. The summed E-state index contributed by atoms with van der Waals surface area (Å²) in [6.45, 7) is 6.46. The molecule has 0 saturated carbocycles. The lowest BCUT2D eigenvalue weighted by atomic mass is 9.90. The van der Waals surface area contributed by atoms with Crippen LogP contribution in [0.2, 0.25) is 0 Å². The van der Waals surface area contributed by atoms with E-state index in [-0.39, 0.29) is 11.9 Å². The SMILES string of the molecule is CCc1ccc(C2CC(C)CCN2C(=O)C(C)O)o1. The van der Waals surface area contributed by atoms with Crippen molar-refractivity contribution in [1.29, 1.82) is 0 Å². The van der Waals surface area contributed by atoms with Crippen molar-refractivity contribution >= 4 is 5.91 Å². The molecular weight excluding hydrogens is 242 g/mol. The monoisotopic (exact) mass is 265 g/mol. The van der Waals surface area contributed by atoms with E-state index in [9.17, 15) is 9.90 Å². The molecule has 19 heavy (non-hydrogen) atoms. The second-order valence-electron chi connectivity index (χ2n) is 5.51. The largest absolute Gasteiger partial charge is 0.464 e. The average Bonchev–Trinajstić information content (AvgIpc) is 2.86. The summed E-state index contributed by atoms with van der Waals surface area (Å²) in [5, 5.41) is 9.53. The summed E-state index contributed by atoms with van der Waals surface area (Å²) >= 11 is 0. The predicted molar refractivity (Wildman–Crippen MR) is 72.6 cm³/mol. The Balaban J connectivity index is 2.23. The van der Waals surface area contributed by atoms with Crippen molar-refractivity contribution in [1.82, 2.24) is 4.90 Å². The number of aliphatic hydroxyl groups is 1. The molecule has 106 valence electrons. The maximum Gasteiger partial charge on any atom is 0.251 e. The molecule has 1 aromatic rings. The van der Waals surface area contributed by atoms with Crippen LogP contribution in [-0.4, -0.2) is 28.6 Å². The summed E-state index contributed by atoms with van der Waals surface area (Å²) in [6, 6.07) is 3.90. The minimum atomic E-state index is -0.948. The molecule has 1 aliphatic heterocycles. The molecule has 4 heteroatoms. The van der Waals surface area contributed by atoms with Crippen LogP contribution in [0.25, 0.3) is 0 Å². The standard InChI is InChI=1S/C15H23NO3/c1-4-12-5-6-14(19-12)13-9-10(2)7-8-16(13)15(18)11(3)17/h5-6,10-11,13,17H,4,7-9H2,1-3H3. The van der Waals surface area contributed by atoms with E-state index in [2.05, 4.69) is 6.92 Å². The molecule has 1 fully saturated rings. The predicted octanol–water partition coefficient (Wildman–Crippen LogP) is 2.52. The van der Waals surface area contributed by atoms with Crippen molar-refractivity contribution in [3.8, 4) is 0 Å². The van der Waals surface area contributed by atoms with E-state index in [4.69, 9.17) is 4.42 Å². The van der Waals surface area contributed by atoms with E-state index in [1.54, 1.807) is 4.90 Å². The lowest BCUT2D eigenvalue weighted by Crippen LogP contribution is -2.44. The Labute approximate surface area is 114 Å². The second kappa shape index (κ2) is 5.78. The first kappa shape index (κ1) is 14.1. The molecule has 3 atom stereocenters. The van der Waals surface area contributed by atoms with Crippen molar-refractivity contribution in [3.63, 3.8) is 0 Å². The Morgan fingerprint density at radius 1 is 1.58 bits per heavy atom. The van der Waals surface area contributed by atoms with E-state index in [1.807, 2.05) is 19.1 Å². The van der Waals surface area contributed by atoms with Crippen molar-refractivity contribution in [2.24, 2.45) is 5.92 Å². The van der Waals surface area contributed by atoms with Crippen LogP contribution in [0, 0.1) is 5.92 Å². The summed E-state index contributed by atoms with van der Waals surface area (Å²) < 4.78 is 5.81. The number of hydrogen-bond donors (Lipinski definition) is 1. The minimum absolute atomic E-state index is 0.0360. The summed E-state index contributed by atoms with van der Waals surface area (Å²) in [5.41, 5.74) is 0. The smallest absolute Gasteiger partial charge is 0.251 e. The molecule has 0 radical (unpaired) electrons. The fourth-order valence-corrected chi connectivity index (χ4v) is 2.68. The fraction of sp³-hybridized carbons (Fsp3) is 0.667. The Morgan fingerprint density at radius 2 is 2.32 bits per heavy atom. The van der Waals surface area contributed by atoms with Gasteiger partial charge in [0.2, 0.25) is 0 Å². The van der Waals surface area contributed by atoms with Gasteiger partial charge in [0.15, 0.2) is 0 Å². The lowest BCUT2D eigenvalue weighted by Gasteiger charge is -2.38. The van der Waals surface area contributed by atoms with Crippen LogP contribution in [0.4, 0.5) is 0 Å². The Morgan fingerprint density at radius 3 is 2.89 bits per heavy atom. The summed E-state index contributed by atoms with van der Waals surface area (Å²) in [6.07, 6.45) is 1.79. The van der Waals surface area contributed by atoms with Gasteiger partial charge in [-0.15, -0.1) is 0 Å². The molecule has 1 aromatic heterocycles. The van der Waals surface area contributed by atoms with Gasteiger partial charge in [0.05, 0.1) is 6.04 Å². The number of nitrogens with zero attached hydrogens (tertiary/aromatic N) is 1. The van der Waals surface area contributed by atoms with Crippen LogP contribution in [0.3, 0.4) is 0 Å². The van der Waals surface area contributed by atoms with Gasteiger partial charge in [-0.25, -0.2) is 0 Å². The van der Waals surface area contributed by atoms with Gasteiger partial charge in [0.1, 0.15) is 17.6 Å². The van der Waals surface area contributed by atoms with Gasteiger partial charge in [-0.2, -0.15) is 0 Å². The average molecular weight is 265 g/mol. The number of carbonyl (C=O) groups is 1. The fourth-order valence-electron chi connectivity index (χ4n) is 2.68. The molecule has 1 N–H and O–H groups in total. The first-order valence-electron chi connectivity index (χ1n) is 7.10. The molecule has 4 nitrogen and oxygen atoms in total. The van der Waals surface area contributed by atoms with Crippen LogP contribution in [0.5, 0.6) is 0 Å². The number of aryl methyl sites for hydroxylation is 1. The molecular formula is C15H23NO3. The second-order valence-corrected chi connectivity index (χ2v) is 5.51. The Kier molecular flexibility index (Phi) is 4.30. The minimum Gasteiger partial charge on any atom is -0.464 e. The topological polar surface area (TPSA) is 53.7 Å². The summed E-state index contributed by atoms with van der Waals surface area (Å²) in [4.78, 5) is 13.9. The van der Waals surface area contributed by atoms with Crippen molar-refractivity contribution in [3.05, 3.63) is 23.7 Å². The maximum absolute atomic E-state index is 12.1. The van der Waals surface area contributed by atoms with E-state index in [0.29, 0.717) is 12.5 Å². The van der Waals surface area contributed by atoms with Crippen molar-refractivity contribution in [2.75, 3.05) is 6.54 Å².